The first-order valence-electron chi connectivity index (χ1n) is 7.46. The van der Waals surface area contributed by atoms with Gasteiger partial charge in [-0.05, 0) is 45.7 Å². The molecule has 0 aliphatic carbocycles. The van der Waals surface area contributed by atoms with E-state index in [4.69, 9.17) is 9.72 Å². The molecule has 0 amide bonds. The lowest BCUT2D eigenvalue weighted by Gasteiger charge is -2.32. The minimum Gasteiger partial charge on any atom is -0.381 e. The van der Waals surface area contributed by atoms with Crippen LogP contribution >= 0.6 is 0 Å². The van der Waals surface area contributed by atoms with Crippen LogP contribution in [0.1, 0.15) is 39.3 Å². The fourth-order valence-corrected chi connectivity index (χ4v) is 2.42. The molecule has 0 bridgehead atoms. The summed E-state index contributed by atoms with van der Waals surface area (Å²) in [4.78, 5) is 7.13. The lowest BCUT2D eigenvalue weighted by molar-refractivity contribution is 0.0818. The minimum absolute atomic E-state index is 0.120. The molecule has 4 heteroatoms. The molecule has 112 valence electrons. The summed E-state index contributed by atoms with van der Waals surface area (Å²) in [5.74, 6) is 1.09. The number of piperidine rings is 1. The molecule has 0 saturated carbocycles. The molecular weight excluding hydrogens is 250 g/mol. The number of ether oxygens (including phenoxy) is 1. The molecule has 1 saturated heterocycles. The van der Waals surface area contributed by atoms with E-state index >= 15 is 0 Å². The first-order valence-corrected chi connectivity index (χ1v) is 7.46. The fraction of sp³-hybridized carbons (Fsp3) is 0.688. The van der Waals surface area contributed by atoms with Crippen LogP contribution in [0.4, 0.5) is 5.82 Å². The molecule has 0 aromatic carbocycles. The monoisotopic (exact) mass is 277 g/mol. The SMILES string of the molecule is COC1CCN(c2cccc(CNC(C)(C)C)n2)CC1. The van der Waals surface area contributed by atoms with Crippen LogP contribution in [0.25, 0.3) is 0 Å². The van der Waals surface area contributed by atoms with E-state index in [-0.39, 0.29) is 5.54 Å². The van der Waals surface area contributed by atoms with Gasteiger partial charge >= 0.3 is 0 Å². The number of pyridine rings is 1. The second kappa shape index (κ2) is 6.55. The van der Waals surface area contributed by atoms with Crippen molar-refractivity contribution < 1.29 is 4.74 Å². The van der Waals surface area contributed by atoms with Crippen molar-refractivity contribution in [1.82, 2.24) is 10.3 Å². The second-order valence-electron chi connectivity index (χ2n) is 6.51. The first kappa shape index (κ1) is 15.3. The van der Waals surface area contributed by atoms with Crippen LogP contribution in [-0.2, 0) is 11.3 Å². The van der Waals surface area contributed by atoms with Crippen LogP contribution in [0.15, 0.2) is 18.2 Å². The number of anilines is 1. The highest BCUT2D eigenvalue weighted by molar-refractivity contribution is 5.39. The van der Waals surface area contributed by atoms with Gasteiger partial charge in [-0.25, -0.2) is 4.98 Å². The lowest BCUT2D eigenvalue weighted by atomic mass is 10.1. The molecule has 1 aromatic heterocycles. The third-order valence-electron chi connectivity index (χ3n) is 3.69. The molecule has 0 unspecified atom stereocenters. The molecule has 2 rings (SSSR count). The molecule has 4 nitrogen and oxygen atoms in total. The third kappa shape index (κ3) is 4.46. The number of aromatic nitrogens is 1. The number of hydrogen-bond donors (Lipinski definition) is 1. The summed E-state index contributed by atoms with van der Waals surface area (Å²) >= 11 is 0. The highest BCUT2D eigenvalue weighted by Crippen LogP contribution is 2.19. The molecular formula is C16H27N3O. The maximum atomic E-state index is 5.42. The van der Waals surface area contributed by atoms with E-state index in [0.29, 0.717) is 6.10 Å². The molecule has 1 aliphatic heterocycles. The van der Waals surface area contributed by atoms with E-state index in [1.54, 1.807) is 7.11 Å². The Morgan fingerprint density at radius 3 is 2.60 bits per heavy atom. The van der Waals surface area contributed by atoms with Crippen molar-refractivity contribution in [3.05, 3.63) is 23.9 Å². The summed E-state index contributed by atoms with van der Waals surface area (Å²) in [6.07, 6.45) is 2.59. The van der Waals surface area contributed by atoms with Gasteiger partial charge in [-0.15, -0.1) is 0 Å². The maximum absolute atomic E-state index is 5.42. The van der Waals surface area contributed by atoms with Gasteiger partial charge < -0.3 is 15.0 Å². The highest BCUT2D eigenvalue weighted by atomic mass is 16.5. The molecule has 0 atom stereocenters. The average Bonchev–Trinajstić information content (AvgIpc) is 2.45. The molecule has 20 heavy (non-hydrogen) atoms. The zero-order chi connectivity index (χ0) is 14.6. The van der Waals surface area contributed by atoms with Gasteiger partial charge in [0.1, 0.15) is 5.82 Å². The van der Waals surface area contributed by atoms with E-state index in [1.807, 2.05) is 0 Å². The van der Waals surface area contributed by atoms with E-state index in [9.17, 15) is 0 Å². The van der Waals surface area contributed by atoms with E-state index in [1.165, 1.54) is 0 Å². The first-order chi connectivity index (χ1) is 9.48. The quantitative estimate of drug-likeness (QED) is 0.918. The van der Waals surface area contributed by atoms with Crippen LogP contribution in [0.5, 0.6) is 0 Å². The van der Waals surface area contributed by atoms with Gasteiger partial charge in [0.05, 0.1) is 11.8 Å². The summed E-state index contributed by atoms with van der Waals surface area (Å²) in [7, 11) is 1.80. The Balaban J connectivity index is 1.96. The fourth-order valence-electron chi connectivity index (χ4n) is 2.42. The van der Waals surface area contributed by atoms with Gasteiger partial charge in [-0.3, -0.25) is 0 Å². The summed E-state index contributed by atoms with van der Waals surface area (Å²) in [6.45, 7) is 9.39. The Morgan fingerprint density at radius 2 is 2.00 bits per heavy atom. The molecule has 1 aromatic rings. The van der Waals surface area contributed by atoms with Crippen LogP contribution in [0.2, 0.25) is 0 Å². The lowest BCUT2D eigenvalue weighted by Crippen LogP contribution is -2.37. The van der Waals surface area contributed by atoms with Gasteiger partial charge in [-0.2, -0.15) is 0 Å². The smallest absolute Gasteiger partial charge is 0.128 e. The van der Waals surface area contributed by atoms with E-state index in [0.717, 1.165) is 44.0 Å². The van der Waals surface area contributed by atoms with Crippen molar-refractivity contribution in [2.75, 3.05) is 25.1 Å². The van der Waals surface area contributed by atoms with Gasteiger partial charge in [-0.1, -0.05) is 6.07 Å². The Bertz CT molecular complexity index is 420. The summed E-state index contributed by atoms with van der Waals surface area (Å²) in [5, 5.41) is 3.48. The predicted molar refractivity (Wildman–Crippen MR) is 83.1 cm³/mol. The topological polar surface area (TPSA) is 37.4 Å². The number of nitrogens with one attached hydrogen (secondary N) is 1. The van der Waals surface area contributed by atoms with Gasteiger partial charge in [0.25, 0.3) is 0 Å². The van der Waals surface area contributed by atoms with Crippen molar-refractivity contribution in [2.24, 2.45) is 0 Å². The third-order valence-corrected chi connectivity index (χ3v) is 3.69. The van der Waals surface area contributed by atoms with E-state index in [2.05, 4.69) is 49.2 Å². The van der Waals surface area contributed by atoms with Crippen molar-refractivity contribution in [1.29, 1.82) is 0 Å². The molecule has 0 spiro atoms. The summed E-state index contributed by atoms with van der Waals surface area (Å²) in [5.41, 5.74) is 1.22. The van der Waals surface area contributed by atoms with Crippen LogP contribution < -0.4 is 10.2 Å². The molecule has 2 heterocycles. The Kier molecular flexibility index (Phi) is 5.00. The standard InChI is InChI=1S/C16H27N3O/c1-16(2,3)17-12-13-6-5-7-15(18-13)19-10-8-14(20-4)9-11-19/h5-7,14,17H,8-12H2,1-4H3. The molecule has 1 N–H and O–H groups in total. The molecule has 1 fully saturated rings. The minimum atomic E-state index is 0.120. The average molecular weight is 277 g/mol. The largest absolute Gasteiger partial charge is 0.381 e. The van der Waals surface area contributed by atoms with Gasteiger partial charge in [0.15, 0.2) is 0 Å². The molecule has 0 radical (unpaired) electrons. The Labute approximate surface area is 122 Å². The van der Waals surface area contributed by atoms with Crippen molar-refractivity contribution in [2.45, 2.75) is 51.8 Å². The van der Waals surface area contributed by atoms with Crippen LogP contribution in [0, 0.1) is 0 Å². The number of nitrogens with zero attached hydrogens (tertiary/aromatic N) is 2. The highest BCUT2D eigenvalue weighted by Gasteiger charge is 2.19. The second-order valence-corrected chi connectivity index (χ2v) is 6.51. The zero-order valence-corrected chi connectivity index (χ0v) is 13.1. The summed E-state index contributed by atoms with van der Waals surface area (Å²) < 4.78 is 5.42. The van der Waals surface area contributed by atoms with Gasteiger partial charge in [0, 0.05) is 32.3 Å². The van der Waals surface area contributed by atoms with E-state index < -0.39 is 0 Å². The number of methoxy groups -OCH3 is 1. The Hall–Kier alpha value is -1.13. The van der Waals surface area contributed by atoms with Gasteiger partial charge in [0.2, 0.25) is 0 Å². The maximum Gasteiger partial charge on any atom is 0.128 e. The number of hydrogen-bond acceptors (Lipinski definition) is 4. The van der Waals surface area contributed by atoms with Crippen molar-refractivity contribution >= 4 is 5.82 Å². The summed E-state index contributed by atoms with van der Waals surface area (Å²) in [6, 6.07) is 6.29. The molecule has 1 aliphatic rings. The van der Waals surface area contributed by atoms with Crippen molar-refractivity contribution in [3.63, 3.8) is 0 Å². The van der Waals surface area contributed by atoms with Crippen LogP contribution in [-0.4, -0.2) is 36.8 Å². The normalized spacial score (nSPS) is 17.5. The number of rotatable bonds is 4. The predicted octanol–water partition coefficient (Wildman–Crippen LogP) is 2.58. The Morgan fingerprint density at radius 1 is 1.30 bits per heavy atom. The van der Waals surface area contributed by atoms with Crippen molar-refractivity contribution in [3.8, 4) is 0 Å². The zero-order valence-electron chi connectivity index (χ0n) is 13.1. The van der Waals surface area contributed by atoms with Crippen LogP contribution in [0.3, 0.4) is 0 Å².